The van der Waals surface area contributed by atoms with Crippen LogP contribution >= 0.6 is 15.6 Å². The quantitative estimate of drug-likeness (QED) is 0.0222. The lowest BCUT2D eigenvalue weighted by molar-refractivity contribution is -0.161. The van der Waals surface area contributed by atoms with Crippen LogP contribution in [0, 0.1) is 23.7 Å². The van der Waals surface area contributed by atoms with Crippen LogP contribution in [-0.4, -0.2) is 96.7 Å². The van der Waals surface area contributed by atoms with E-state index in [0.717, 1.165) is 120 Å². The topological polar surface area (TPSA) is 237 Å². The molecule has 0 aliphatic carbocycles. The molecule has 0 amide bonds. The van der Waals surface area contributed by atoms with E-state index in [-0.39, 0.29) is 25.7 Å². The van der Waals surface area contributed by atoms with E-state index < -0.39 is 97.5 Å². The summed E-state index contributed by atoms with van der Waals surface area (Å²) in [7, 11) is -9.91. The van der Waals surface area contributed by atoms with Gasteiger partial charge in [-0.25, -0.2) is 9.13 Å². The summed E-state index contributed by atoms with van der Waals surface area (Å²) in [6, 6.07) is 0. The van der Waals surface area contributed by atoms with Gasteiger partial charge in [-0.15, -0.1) is 0 Å². The van der Waals surface area contributed by atoms with Crippen molar-refractivity contribution < 1.29 is 80.2 Å². The maximum atomic E-state index is 13.1. The molecule has 7 atom stereocenters. The highest BCUT2D eigenvalue weighted by molar-refractivity contribution is 7.47. The highest BCUT2D eigenvalue weighted by atomic mass is 31.2. The lowest BCUT2D eigenvalue weighted by Crippen LogP contribution is -2.30. The van der Waals surface area contributed by atoms with E-state index in [4.69, 9.17) is 37.0 Å². The summed E-state index contributed by atoms with van der Waals surface area (Å²) in [4.78, 5) is 72.8. The molecular formula is C76H148O17P2. The Morgan fingerprint density at radius 1 is 0.295 bits per heavy atom. The van der Waals surface area contributed by atoms with Crippen molar-refractivity contribution in [1.29, 1.82) is 0 Å². The molecular weight excluding hydrogens is 1250 g/mol. The number of ether oxygens (including phenoxy) is 4. The van der Waals surface area contributed by atoms with Crippen molar-refractivity contribution in [1.82, 2.24) is 0 Å². The van der Waals surface area contributed by atoms with Gasteiger partial charge >= 0.3 is 39.5 Å². The zero-order chi connectivity index (χ0) is 70.3. The Hall–Kier alpha value is -1.94. The van der Waals surface area contributed by atoms with Crippen LogP contribution in [0.3, 0.4) is 0 Å². The summed E-state index contributed by atoms with van der Waals surface area (Å²) in [6.45, 7) is 14.2. The van der Waals surface area contributed by atoms with Gasteiger partial charge in [-0.05, 0) is 49.4 Å². The molecule has 0 aliphatic heterocycles. The zero-order valence-electron chi connectivity index (χ0n) is 62.3. The summed E-state index contributed by atoms with van der Waals surface area (Å²) in [5, 5.41) is 10.6. The van der Waals surface area contributed by atoms with Crippen LogP contribution in [0.15, 0.2) is 0 Å². The molecule has 3 N–H and O–H groups in total. The minimum Gasteiger partial charge on any atom is -0.462 e. The Bertz CT molecular complexity index is 1870. The van der Waals surface area contributed by atoms with Crippen LogP contribution in [0.5, 0.6) is 0 Å². The van der Waals surface area contributed by atoms with Crippen molar-refractivity contribution in [3.05, 3.63) is 0 Å². The Morgan fingerprint density at radius 3 is 0.747 bits per heavy atom. The van der Waals surface area contributed by atoms with Crippen molar-refractivity contribution in [2.24, 2.45) is 23.7 Å². The number of phosphoric acid groups is 2. The Morgan fingerprint density at radius 2 is 0.505 bits per heavy atom. The standard InChI is InChI=1S/C76H148O17P2/c1-9-68(7)54-46-38-30-26-27-31-40-48-56-73(78)86-62-71(92-76(81)59-51-43-33-25-21-17-19-23-29-37-45-53-67(5)6)64-90-94(82,83)88-60-70(77)61-89-95(84,85)91-65-72(63-87-74(79)57-49-41-35-34-39-47-55-69(8)10-2)93-75(80)58-50-42-32-24-20-16-14-12-11-13-15-18-22-28-36-44-52-66(3)4/h66-72,77H,9-65H2,1-8H3,(H,82,83)(H,84,85)/t68?,69?,70-,71-,72-/m1/s1. The average Bonchev–Trinajstić information content (AvgIpc) is 3.55. The first kappa shape index (κ1) is 93.1. The van der Waals surface area contributed by atoms with E-state index >= 15 is 0 Å². The van der Waals surface area contributed by atoms with Crippen LogP contribution in [-0.2, 0) is 65.4 Å². The van der Waals surface area contributed by atoms with Crippen LogP contribution < -0.4 is 0 Å². The Kier molecular flexibility index (Phi) is 64.0. The number of hydrogen-bond acceptors (Lipinski definition) is 15. The fraction of sp³-hybridized carbons (Fsp3) is 0.947. The molecule has 4 unspecified atom stereocenters. The molecule has 0 saturated carbocycles. The number of aliphatic hydroxyl groups is 1. The third kappa shape index (κ3) is 67.6. The second kappa shape index (κ2) is 65.4. The van der Waals surface area contributed by atoms with Gasteiger partial charge in [-0.3, -0.25) is 37.3 Å². The van der Waals surface area contributed by atoms with Gasteiger partial charge in [0.2, 0.25) is 0 Å². The van der Waals surface area contributed by atoms with Crippen molar-refractivity contribution >= 4 is 39.5 Å². The van der Waals surface area contributed by atoms with Gasteiger partial charge in [0.1, 0.15) is 19.3 Å². The fourth-order valence-corrected chi connectivity index (χ4v) is 13.1. The molecule has 0 bridgehead atoms. The summed E-state index contributed by atoms with van der Waals surface area (Å²) < 4.78 is 68.5. The van der Waals surface area contributed by atoms with E-state index in [1.165, 1.54) is 180 Å². The van der Waals surface area contributed by atoms with Gasteiger partial charge in [-0.2, -0.15) is 0 Å². The Labute approximate surface area is 581 Å². The zero-order valence-corrected chi connectivity index (χ0v) is 64.1. The van der Waals surface area contributed by atoms with Crippen LogP contribution in [0.2, 0.25) is 0 Å². The molecule has 0 aromatic rings. The van der Waals surface area contributed by atoms with Gasteiger partial charge in [0.15, 0.2) is 12.2 Å². The number of carbonyl (C=O) groups excluding carboxylic acids is 4. The van der Waals surface area contributed by atoms with Crippen molar-refractivity contribution in [3.63, 3.8) is 0 Å². The molecule has 564 valence electrons. The molecule has 0 rings (SSSR count). The van der Waals surface area contributed by atoms with Crippen molar-refractivity contribution in [2.45, 2.75) is 401 Å². The van der Waals surface area contributed by atoms with Gasteiger partial charge in [-0.1, -0.05) is 331 Å². The van der Waals surface area contributed by atoms with E-state index in [1.54, 1.807) is 0 Å². The molecule has 0 fully saturated rings. The normalized spacial score (nSPS) is 14.7. The van der Waals surface area contributed by atoms with Crippen LogP contribution in [0.25, 0.3) is 0 Å². The maximum absolute atomic E-state index is 13.1. The molecule has 0 heterocycles. The number of phosphoric ester groups is 2. The van der Waals surface area contributed by atoms with Crippen LogP contribution in [0.4, 0.5) is 0 Å². The predicted molar refractivity (Wildman–Crippen MR) is 386 cm³/mol. The Balaban J connectivity index is 5.23. The van der Waals surface area contributed by atoms with E-state index in [2.05, 4.69) is 55.4 Å². The van der Waals surface area contributed by atoms with Gasteiger partial charge in [0.05, 0.1) is 26.4 Å². The number of rotatable bonds is 73. The monoisotopic (exact) mass is 1400 g/mol. The van der Waals surface area contributed by atoms with E-state index in [9.17, 15) is 43.2 Å². The first-order chi connectivity index (χ1) is 45.7. The third-order valence-corrected chi connectivity index (χ3v) is 20.2. The molecule has 0 spiro atoms. The number of aliphatic hydroxyl groups excluding tert-OH is 1. The van der Waals surface area contributed by atoms with Crippen LogP contribution in [0.1, 0.15) is 383 Å². The SMILES string of the molecule is CCC(C)CCCCCCCCCCC(=O)OC[C@H](COP(=O)(O)OC[C@@H](O)COP(=O)(O)OC[C@@H](COC(=O)CCCCCCCCC(C)CC)OC(=O)CCCCCCCCCCCCCCCCCCC(C)C)OC(=O)CCCCCCCCCCCCCC(C)C. The molecule has 95 heavy (non-hydrogen) atoms. The highest BCUT2D eigenvalue weighted by Gasteiger charge is 2.30. The molecule has 0 aromatic heterocycles. The van der Waals surface area contributed by atoms with E-state index in [0.29, 0.717) is 25.7 Å². The maximum Gasteiger partial charge on any atom is 0.472 e. The first-order valence-corrected chi connectivity index (χ1v) is 42.3. The molecule has 0 radical (unpaired) electrons. The smallest absolute Gasteiger partial charge is 0.462 e. The summed E-state index contributed by atoms with van der Waals surface area (Å²) in [5.74, 6) is 0.961. The predicted octanol–water partition coefficient (Wildman–Crippen LogP) is 22.0. The molecule has 0 aromatic carbocycles. The number of hydrogen-bond donors (Lipinski definition) is 3. The van der Waals surface area contributed by atoms with Crippen molar-refractivity contribution in [2.75, 3.05) is 39.6 Å². The molecule has 17 nitrogen and oxygen atoms in total. The first-order valence-electron chi connectivity index (χ1n) is 39.3. The highest BCUT2D eigenvalue weighted by Crippen LogP contribution is 2.45. The number of carbonyl (C=O) groups is 4. The van der Waals surface area contributed by atoms with Crippen molar-refractivity contribution in [3.8, 4) is 0 Å². The largest absolute Gasteiger partial charge is 0.472 e. The summed E-state index contributed by atoms with van der Waals surface area (Å²) in [5.41, 5.74) is 0. The van der Waals surface area contributed by atoms with Gasteiger partial charge in [0, 0.05) is 25.7 Å². The third-order valence-electron chi connectivity index (χ3n) is 18.3. The minimum atomic E-state index is -4.96. The molecule has 19 heteroatoms. The number of unbranched alkanes of at least 4 members (excludes halogenated alkanes) is 37. The lowest BCUT2D eigenvalue weighted by atomic mass is 9.99. The van der Waals surface area contributed by atoms with Gasteiger partial charge in [0.25, 0.3) is 0 Å². The average molecular weight is 1400 g/mol. The molecule has 0 saturated heterocycles. The second-order valence-electron chi connectivity index (χ2n) is 28.8. The summed E-state index contributed by atoms with van der Waals surface area (Å²) in [6.07, 6.45) is 49.9. The van der Waals surface area contributed by atoms with E-state index in [1.807, 2.05) is 0 Å². The number of esters is 4. The second-order valence-corrected chi connectivity index (χ2v) is 31.7. The molecule has 0 aliphatic rings. The summed E-state index contributed by atoms with van der Waals surface area (Å²) >= 11 is 0. The van der Waals surface area contributed by atoms with Gasteiger partial charge < -0.3 is 33.8 Å². The lowest BCUT2D eigenvalue weighted by Gasteiger charge is -2.21. The fourth-order valence-electron chi connectivity index (χ4n) is 11.5. The minimum absolute atomic E-state index is 0.105.